The molecule has 6 nitrogen and oxygen atoms in total. The highest BCUT2D eigenvalue weighted by Gasteiger charge is 1.95. The zero-order chi connectivity index (χ0) is 9.44. The molecule has 11 heavy (non-hydrogen) atoms. The summed E-state index contributed by atoms with van der Waals surface area (Å²) in [5.74, 6) is 0. The van der Waals surface area contributed by atoms with Gasteiger partial charge in [-0.15, -0.1) is 0 Å². The third-order valence-electron chi connectivity index (χ3n) is 0.528. The summed E-state index contributed by atoms with van der Waals surface area (Å²) in [4.78, 5) is 10.3. The molecule has 0 spiro atoms. The van der Waals surface area contributed by atoms with E-state index in [1.807, 2.05) is 0 Å². The predicted octanol–water partition coefficient (Wildman–Crippen LogP) is -0.919. The van der Waals surface area contributed by atoms with Gasteiger partial charge < -0.3 is 25.3 Å². The van der Waals surface area contributed by atoms with Crippen LogP contribution in [0.1, 0.15) is 0 Å². The van der Waals surface area contributed by atoms with Gasteiger partial charge in [0.2, 0.25) is 0 Å². The minimum atomic E-state index is -1.83. The molecule has 0 amide bonds. The van der Waals surface area contributed by atoms with Crippen molar-refractivity contribution >= 4 is 6.16 Å². The molecular weight excluding hydrogens is 154 g/mol. The van der Waals surface area contributed by atoms with Crippen LogP contribution in [-0.4, -0.2) is 58.4 Å². The molecule has 0 aromatic rings. The topological polar surface area (TPSA) is 101 Å². The Bertz CT molecular complexity index is 93.0. The van der Waals surface area contributed by atoms with Crippen LogP contribution in [-0.2, 0) is 0 Å². The quantitative estimate of drug-likeness (QED) is 0.397. The maximum absolute atomic E-state index is 8.56. The molecule has 0 rings (SSSR count). The van der Waals surface area contributed by atoms with Crippen LogP contribution in [0.4, 0.5) is 4.79 Å². The van der Waals surface area contributed by atoms with E-state index in [0.717, 1.165) is 0 Å². The Kier molecular flexibility index (Phi) is 8.44. The molecule has 0 unspecified atom stereocenters. The van der Waals surface area contributed by atoms with Crippen molar-refractivity contribution in [1.29, 1.82) is 0 Å². The lowest BCUT2D eigenvalue weighted by Crippen LogP contribution is -2.24. The van der Waals surface area contributed by atoms with E-state index in [1.165, 1.54) is 0 Å². The van der Waals surface area contributed by atoms with Crippen LogP contribution in [0.25, 0.3) is 0 Å². The molecule has 0 bridgehead atoms. The van der Waals surface area contributed by atoms with Crippen molar-refractivity contribution in [1.82, 2.24) is 4.90 Å². The smallest absolute Gasteiger partial charge is 0.450 e. The van der Waals surface area contributed by atoms with Gasteiger partial charge in [-0.1, -0.05) is 0 Å². The fourth-order valence-electron chi connectivity index (χ4n) is 0.327. The molecule has 0 atom stereocenters. The maximum atomic E-state index is 8.56. The number of carboxylic acid groups (broad SMARTS) is 2. The van der Waals surface area contributed by atoms with Gasteiger partial charge in [-0.3, -0.25) is 0 Å². The van der Waals surface area contributed by atoms with Gasteiger partial charge in [0.05, 0.1) is 0 Å². The number of nitrogens with zero attached hydrogens (tertiary/aromatic N) is 1. The molecule has 0 aliphatic carbocycles. The van der Waals surface area contributed by atoms with E-state index in [2.05, 4.69) is 0 Å². The molecule has 6 heteroatoms. The van der Waals surface area contributed by atoms with Crippen LogP contribution in [0.2, 0.25) is 0 Å². The minimum absolute atomic E-state index is 0.306. The molecule has 0 saturated heterocycles. The fourth-order valence-corrected chi connectivity index (χ4v) is 0.327. The van der Waals surface area contributed by atoms with Crippen molar-refractivity contribution in [3.8, 4) is 0 Å². The minimum Gasteiger partial charge on any atom is -0.450 e. The highest BCUT2D eigenvalue weighted by Crippen LogP contribution is 1.76. The average molecular weight is 167 g/mol. The third-order valence-corrected chi connectivity index (χ3v) is 0.528. The maximum Gasteiger partial charge on any atom is 0.503 e. The Morgan fingerprint density at radius 1 is 1.36 bits per heavy atom. The van der Waals surface area contributed by atoms with E-state index in [0.29, 0.717) is 6.54 Å². The van der Waals surface area contributed by atoms with Crippen molar-refractivity contribution in [2.24, 2.45) is 0 Å². The largest absolute Gasteiger partial charge is 0.503 e. The van der Waals surface area contributed by atoms with E-state index in [-0.39, 0.29) is 0 Å². The Morgan fingerprint density at radius 3 is 1.64 bits per heavy atom. The first-order valence-electron chi connectivity index (χ1n) is 2.79. The number of hydrogen-bond acceptors (Lipinski definition) is 4. The second-order valence-electron chi connectivity index (χ2n) is 2.03. The molecule has 4 N–H and O–H groups in total. The third kappa shape index (κ3) is 47.1. The van der Waals surface area contributed by atoms with E-state index >= 15 is 0 Å². The summed E-state index contributed by atoms with van der Waals surface area (Å²) in [5.41, 5.74) is 0. The van der Waals surface area contributed by atoms with Crippen LogP contribution in [0.3, 0.4) is 0 Å². The van der Waals surface area contributed by atoms with Crippen molar-refractivity contribution in [3.05, 3.63) is 0 Å². The van der Waals surface area contributed by atoms with Gasteiger partial charge in [-0.25, -0.2) is 4.79 Å². The van der Waals surface area contributed by atoms with Crippen LogP contribution in [0.15, 0.2) is 0 Å². The monoisotopic (exact) mass is 167 g/mol. The van der Waals surface area contributed by atoms with Gasteiger partial charge in [0, 0.05) is 6.54 Å². The molecular formula is C5H13NO5. The molecule has 68 valence electrons. The zero-order valence-corrected chi connectivity index (χ0v) is 6.43. The van der Waals surface area contributed by atoms with Crippen molar-refractivity contribution in [3.63, 3.8) is 0 Å². The Labute approximate surface area is 64.3 Å². The predicted molar refractivity (Wildman–Crippen MR) is 37.4 cm³/mol. The summed E-state index contributed by atoms with van der Waals surface area (Å²) < 4.78 is 0. The highest BCUT2D eigenvalue weighted by molar-refractivity contribution is 5.53. The number of likely N-dealkylation sites (N-methyl/N-ethyl adjacent to an activating group) is 1. The SMILES string of the molecule is CN(C)CC(O)O.O=C(O)O. The number of carbonyl (C=O) groups is 1. The summed E-state index contributed by atoms with van der Waals surface area (Å²) in [7, 11) is 3.55. The summed E-state index contributed by atoms with van der Waals surface area (Å²) in [5, 5.41) is 30.4. The normalized spacial score (nSPS) is 9.27. The Morgan fingerprint density at radius 2 is 1.64 bits per heavy atom. The Hall–Kier alpha value is -0.850. The molecule has 0 heterocycles. The van der Waals surface area contributed by atoms with E-state index < -0.39 is 12.4 Å². The van der Waals surface area contributed by atoms with Gasteiger partial charge in [0.15, 0.2) is 6.29 Å². The van der Waals surface area contributed by atoms with Gasteiger partial charge in [0.1, 0.15) is 0 Å². The number of hydrogen-bond donors (Lipinski definition) is 4. The molecule has 0 fully saturated rings. The average Bonchev–Trinajstić information content (AvgIpc) is 1.56. The fraction of sp³-hybridized carbons (Fsp3) is 0.800. The van der Waals surface area contributed by atoms with Gasteiger partial charge in [-0.2, -0.15) is 0 Å². The molecule has 0 aliphatic heterocycles. The second-order valence-corrected chi connectivity index (χ2v) is 2.03. The zero-order valence-electron chi connectivity index (χ0n) is 6.43. The number of aliphatic hydroxyl groups is 2. The summed E-state index contributed by atoms with van der Waals surface area (Å²) in [6.07, 6.45) is -3.03. The summed E-state index contributed by atoms with van der Waals surface area (Å²) >= 11 is 0. The van der Waals surface area contributed by atoms with Crippen LogP contribution >= 0.6 is 0 Å². The first-order valence-corrected chi connectivity index (χ1v) is 2.79. The molecule has 0 aromatic carbocycles. The van der Waals surface area contributed by atoms with E-state index in [9.17, 15) is 0 Å². The summed E-state index contributed by atoms with van der Waals surface area (Å²) in [6.45, 7) is 0.306. The second kappa shape index (κ2) is 7.26. The lowest BCUT2D eigenvalue weighted by Gasteiger charge is -2.09. The molecule has 0 saturated carbocycles. The number of aliphatic hydroxyl groups excluding tert-OH is 1. The standard InChI is InChI=1S/C4H11NO2.CH2O3/c1-5(2)3-4(6)7;2-1(3)4/h4,6-7H,3H2,1-2H3;(H2,2,3,4). The lowest BCUT2D eigenvalue weighted by atomic mass is 10.6. The van der Waals surface area contributed by atoms with Crippen LogP contribution < -0.4 is 0 Å². The molecule has 0 aromatic heterocycles. The molecule has 0 radical (unpaired) electrons. The summed E-state index contributed by atoms with van der Waals surface area (Å²) in [6, 6.07) is 0. The highest BCUT2D eigenvalue weighted by atomic mass is 16.6. The van der Waals surface area contributed by atoms with Gasteiger partial charge in [-0.05, 0) is 14.1 Å². The first kappa shape index (κ1) is 12.8. The van der Waals surface area contributed by atoms with Gasteiger partial charge >= 0.3 is 6.16 Å². The van der Waals surface area contributed by atoms with E-state index in [1.54, 1.807) is 19.0 Å². The van der Waals surface area contributed by atoms with Gasteiger partial charge in [0.25, 0.3) is 0 Å². The van der Waals surface area contributed by atoms with Crippen molar-refractivity contribution in [2.75, 3.05) is 20.6 Å². The first-order chi connectivity index (χ1) is 4.86. The van der Waals surface area contributed by atoms with Crippen molar-refractivity contribution < 1.29 is 25.2 Å². The van der Waals surface area contributed by atoms with E-state index in [4.69, 9.17) is 25.2 Å². The van der Waals surface area contributed by atoms with Crippen LogP contribution in [0, 0.1) is 0 Å². The van der Waals surface area contributed by atoms with Crippen molar-refractivity contribution in [2.45, 2.75) is 6.29 Å². The molecule has 0 aliphatic rings. The number of rotatable bonds is 2. The Balaban J connectivity index is 0. The lowest BCUT2D eigenvalue weighted by molar-refractivity contribution is -0.0537. The van der Waals surface area contributed by atoms with Crippen LogP contribution in [0.5, 0.6) is 0 Å².